The minimum absolute atomic E-state index is 0.624. The maximum Gasteiger partial charge on any atom is 0.00360 e. The summed E-state index contributed by atoms with van der Waals surface area (Å²) >= 11 is 0. The monoisotopic (exact) mass is 202 g/mol. The summed E-state index contributed by atoms with van der Waals surface area (Å²) in [6, 6.07) is 0. The van der Waals surface area contributed by atoms with E-state index < -0.39 is 0 Å². The van der Waals surface area contributed by atoms with Crippen molar-refractivity contribution in [1.82, 2.24) is 0 Å². The molecule has 0 aliphatic heterocycles. The Kier molecular flexibility index (Phi) is 1.15. The van der Waals surface area contributed by atoms with Gasteiger partial charge in [-0.15, -0.1) is 0 Å². The molecule has 4 fully saturated rings. The average Bonchev–Trinajstić information content (AvgIpc) is 2.84. The minimum atomic E-state index is 0.624. The van der Waals surface area contributed by atoms with Gasteiger partial charge in [-0.2, -0.15) is 0 Å². The highest BCUT2D eigenvalue weighted by molar-refractivity contribution is 5.45. The Morgan fingerprint density at radius 3 is 2.67 bits per heavy atom. The lowest BCUT2D eigenvalue weighted by atomic mass is 9.75. The van der Waals surface area contributed by atoms with E-state index in [-0.39, 0.29) is 0 Å². The quantitative estimate of drug-likeness (QED) is 0.520. The van der Waals surface area contributed by atoms with Crippen molar-refractivity contribution in [2.24, 2.45) is 34.0 Å². The first kappa shape index (κ1) is 8.84. The maximum absolute atomic E-state index is 4.44. The highest BCUT2D eigenvalue weighted by atomic mass is 14.9. The van der Waals surface area contributed by atoms with E-state index in [4.69, 9.17) is 0 Å². The smallest absolute Gasteiger partial charge is 0.00360 e. The number of rotatable bonds is 0. The standard InChI is InChI=1S/C15H22/c1-9-5-6-11-14(4)8-7-10-12(13(10,2)3)15(9,11)14/h10-12H,1,5-8H2,2-4H3. The third-order valence-corrected chi connectivity index (χ3v) is 7.02. The number of hydrogen-bond acceptors (Lipinski definition) is 0. The largest absolute Gasteiger partial charge is 0.0993 e. The number of fused-ring (bicyclic) bond motifs is 2. The van der Waals surface area contributed by atoms with Crippen LogP contribution in [0.2, 0.25) is 0 Å². The van der Waals surface area contributed by atoms with E-state index in [9.17, 15) is 0 Å². The van der Waals surface area contributed by atoms with Crippen molar-refractivity contribution in [3.63, 3.8) is 0 Å². The molecule has 5 unspecified atom stereocenters. The van der Waals surface area contributed by atoms with Gasteiger partial charge in [-0.05, 0) is 54.3 Å². The van der Waals surface area contributed by atoms with Gasteiger partial charge in [-0.25, -0.2) is 0 Å². The summed E-state index contributed by atoms with van der Waals surface area (Å²) in [6.45, 7) is 12.0. The van der Waals surface area contributed by atoms with Gasteiger partial charge in [0.25, 0.3) is 0 Å². The molecule has 0 aromatic heterocycles. The second-order valence-electron chi connectivity index (χ2n) is 7.43. The molecular weight excluding hydrogens is 180 g/mol. The van der Waals surface area contributed by atoms with E-state index in [1.54, 1.807) is 5.57 Å². The van der Waals surface area contributed by atoms with Crippen molar-refractivity contribution in [3.8, 4) is 0 Å². The number of allylic oxidation sites excluding steroid dienone is 1. The molecule has 0 heterocycles. The predicted molar refractivity (Wildman–Crippen MR) is 62.4 cm³/mol. The molecule has 1 spiro atoms. The highest BCUT2D eigenvalue weighted by Crippen LogP contribution is 2.93. The summed E-state index contributed by atoms with van der Waals surface area (Å²) in [7, 11) is 0. The molecular formula is C15H22. The number of hydrogen-bond donors (Lipinski definition) is 0. The first-order valence-electron chi connectivity index (χ1n) is 6.65. The molecule has 0 aromatic rings. The lowest BCUT2D eigenvalue weighted by Gasteiger charge is -2.29. The van der Waals surface area contributed by atoms with E-state index in [2.05, 4.69) is 27.4 Å². The minimum Gasteiger partial charge on any atom is -0.0993 e. The molecule has 4 rings (SSSR count). The SMILES string of the molecule is C=C1CCC2C3(C)CCC4C(C4(C)C)C123. The second-order valence-corrected chi connectivity index (χ2v) is 7.43. The van der Waals surface area contributed by atoms with Crippen LogP contribution in [0.25, 0.3) is 0 Å². The Bertz CT molecular complexity index is 377. The Morgan fingerprint density at radius 2 is 1.93 bits per heavy atom. The van der Waals surface area contributed by atoms with Crippen molar-refractivity contribution < 1.29 is 0 Å². The van der Waals surface area contributed by atoms with E-state index in [1.807, 2.05) is 0 Å². The molecule has 4 saturated carbocycles. The Hall–Kier alpha value is -0.260. The van der Waals surface area contributed by atoms with Crippen molar-refractivity contribution in [1.29, 1.82) is 0 Å². The molecule has 4 aliphatic carbocycles. The van der Waals surface area contributed by atoms with Gasteiger partial charge >= 0.3 is 0 Å². The first-order valence-corrected chi connectivity index (χ1v) is 6.65. The van der Waals surface area contributed by atoms with Crippen LogP contribution < -0.4 is 0 Å². The van der Waals surface area contributed by atoms with Gasteiger partial charge in [0.05, 0.1) is 0 Å². The van der Waals surface area contributed by atoms with Crippen LogP contribution in [0.5, 0.6) is 0 Å². The molecule has 4 aliphatic rings. The van der Waals surface area contributed by atoms with Gasteiger partial charge < -0.3 is 0 Å². The lowest BCUT2D eigenvalue weighted by molar-refractivity contribution is 0.266. The van der Waals surface area contributed by atoms with Crippen molar-refractivity contribution >= 4 is 0 Å². The van der Waals surface area contributed by atoms with Crippen LogP contribution in [0, 0.1) is 34.0 Å². The highest BCUT2D eigenvalue weighted by Gasteiger charge is 2.87. The summed E-state index contributed by atoms with van der Waals surface area (Å²) < 4.78 is 0. The van der Waals surface area contributed by atoms with E-state index in [1.165, 1.54) is 25.7 Å². The summed E-state index contributed by atoms with van der Waals surface area (Å²) in [5.74, 6) is 3.06. The predicted octanol–water partition coefficient (Wildman–Crippen LogP) is 4.02. The molecule has 0 nitrogen and oxygen atoms in total. The van der Waals surface area contributed by atoms with Crippen LogP contribution in [-0.2, 0) is 0 Å². The van der Waals surface area contributed by atoms with Crippen molar-refractivity contribution in [2.45, 2.75) is 46.5 Å². The fourth-order valence-corrected chi connectivity index (χ4v) is 6.35. The third-order valence-electron chi connectivity index (χ3n) is 7.02. The third kappa shape index (κ3) is 0.610. The normalized spacial score (nSPS) is 63.1. The Morgan fingerprint density at radius 1 is 1.20 bits per heavy atom. The fourth-order valence-electron chi connectivity index (χ4n) is 6.35. The first-order chi connectivity index (χ1) is 6.97. The molecule has 0 aromatic carbocycles. The topological polar surface area (TPSA) is 0 Å². The van der Waals surface area contributed by atoms with Crippen molar-refractivity contribution in [3.05, 3.63) is 12.2 Å². The van der Waals surface area contributed by atoms with Gasteiger partial charge in [0, 0.05) is 5.41 Å². The van der Waals surface area contributed by atoms with Crippen LogP contribution in [0.1, 0.15) is 46.5 Å². The van der Waals surface area contributed by atoms with Crippen LogP contribution in [0.4, 0.5) is 0 Å². The van der Waals surface area contributed by atoms with E-state index in [0.717, 1.165) is 17.8 Å². The Labute approximate surface area is 93.1 Å². The Balaban J connectivity index is 1.86. The van der Waals surface area contributed by atoms with Crippen LogP contribution in [0.3, 0.4) is 0 Å². The van der Waals surface area contributed by atoms with Crippen molar-refractivity contribution in [2.75, 3.05) is 0 Å². The molecule has 0 N–H and O–H groups in total. The zero-order chi connectivity index (χ0) is 10.6. The van der Waals surface area contributed by atoms with Gasteiger partial charge in [-0.3, -0.25) is 0 Å². The maximum atomic E-state index is 4.44. The molecule has 82 valence electrons. The van der Waals surface area contributed by atoms with Gasteiger partial charge in [0.1, 0.15) is 0 Å². The van der Waals surface area contributed by atoms with Gasteiger partial charge in [0.2, 0.25) is 0 Å². The molecule has 0 heteroatoms. The van der Waals surface area contributed by atoms with Gasteiger partial charge in [-0.1, -0.05) is 32.9 Å². The molecule has 0 amide bonds. The molecule has 0 radical (unpaired) electrons. The molecule has 5 atom stereocenters. The summed E-state index contributed by atoms with van der Waals surface area (Å²) in [5, 5.41) is 0. The van der Waals surface area contributed by atoms with E-state index in [0.29, 0.717) is 16.2 Å². The fraction of sp³-hybridized carbons (Fsp3) is 0.867. The lowest BCUT2D eigenvalue weighted by Crippen LogP contribution is -2.21. The zero-order valence-corrected chi connectivity index (χ0v) is 10.3. The van der Waals surface area contributed by atoms with Crippen LogP contribution in [-0.4, -0.2) is 0 Å². The summed E-state index contributed by atoms with van der Waals surface area (Å²) in [5.41, 5.74) is 3.58. The van der Waals surface area contributed by atoms with Gasteiger partial charge in [0.15, 0.2) is 0 Å². The zero-order valence-electron chi connectivity index (χ0n) is 10.3. The second kappa shape index (κ2) is 1.96. The van der Waals surface area contributed by atoms with Crippen LogP contribution in [0.15, 0.2) is 12.2 Å². The molecule has 0 bridgehead atoms. The molecule has 15 heavy (non-hydrogen) atoms. The summed E-state index contributed by atoms with van der Waals surface area (Å²) in [6.07, 6.45) is 5.77. The van der Waals surface area contributed by atoms with Crippen LogP contribution >= 0.6 is 0 Å². The summed E-state index contributed by atoms with van der Waals surface area (Å²) in [4.78, 5) is 0. The average molecular weight is 202 g/mol. The van der Waals surface area contributed by atoms with E-state index >= 15 is 0 Å². The molecule has 0 saturated heterocycles.